The number of carbonyl (C=O) groups excluding carboxylic acids is 2. The molecule has 2 unspecified atom stereocenters. The molecule has 1 aromatic heterocycles. The Kier molecular flexibility index (Phi) is 6.20. The van der Waals surface area contributed by atoms with Crippen molar-refractivity contribution >= 4 is 22.8 Å². The highest BCUT2D eigenvalue weighted by Gasteiger charge is 2.22. The van der Waals surface area contributed by atoms with Crippen LogP contribution < -0.4 is 16.4 Å². The molecule has 6 heteroatoms. The van der Waals surface area contributed by atoms with Crippen molar-refractivity contribution in [3.63, 3.8) is 0 Å². The van der Waals surface area contributed by atoms with Crippen molar-refractivity contribution in [2.24, 2.45) is 17.6 Å². The summed E-state index contributed by atoms with van der Waals surface area (Å²) in [4.78, 5) is 24.5. The highest BCUT2D eigenvalue weighted by molar-refractivity contribution is 5.96. The van der Waals surface area contributed by atoms with Crippen LogP contribution in [0, 0.1) is 11.8 Å². The second-order valence-electron chi connectivity index (χ2n) is 6.99. The van der Waals surface area contributed by atoms with Gasteiger partial charge >= 0.3 is 0 Å². The van der Waals surface area contributed by atoms with Gasteiger partial charge in [0.1, 0.15) is 5.58 Å². The first-order valence-corrected chi connectivity index (χ1v) is 8.62. The first-order valence-electron chi connectivity index (χ1n) is 8.62. The van der Waals surface area contributed by atoms with Crippen LogP contribution in [-0.4, -0.2) is 30.4 Å². The molecule has 4 N–H and O–H groups in total. The fourth-order valence-electron chi connectivity index (χ4n) is 2.42. The Hall–Kier alpha value is -2.34. The first-order chi connectivity index (χ1) is 11.8. The molecule has 0 fully saturated rings. The molecule has 0 spiro atoms. The summed E-state index contributed by atoms with van der Waals surface area (Å²) in [6, 6.07) is 8.41. The van der Waals surface area contributed by atoms with Gasteiger partial charge < -0.3 is 20.8 Å². The number of nitrogens with two attached hydrogens (primary N) is 1. The van der Waals surface area contributed by atoms with E-state index >= 15 is 0 Å². The van der Waals surface area contributed by atoms with Crippen LogP contribution in [0.4, 0.5) is 0 Å². The average Bonchev–Trinajstić information content (AvgIpc) is 3.01. The van der Waals surface area contributed by atoms with Gasteiger partial charge in [-0.05, 0) is 24.0 Å². The molecule has 0 saturated heterocycles. The largest absolute Gasteiger partial charge is 0.451 e. The summed E-state index contributed by atoms with van der Waals surface area (Å²) in [5.41, 5.74) is 6.51. The molecule has 2 amide bonds. The molecule has 6 nitrogen and oxygen atoms in total. The van der Waals surface area contributed by atoms with Gasteiger partial charge in [0, 0.05) is 18.0 Å². The van der Waals surface area contributed by atoms with Crippen molar-refractivity contribution in [1.29, 1.82) is 0 Å². The van der Waals surface area contributed by atoms with Gasteiger partial charge in [-0.2, -0.15) is 0 Å². The molecule has 0 aliphatic rings. The molecule has 0 saturated carbocycles. The molecule has 1 heterocycles. The minimum absolute atomic E-state index is 0.0580. The number of benzene rings is 1. The third-order valence-electron chi connectivity index (χ3n) is 4.29. The minimum Gasteiger partial charge on any atom is -0.451 e. The molecular weight excluding hydrogens is 318 g/mol. The van der Waals surface area contributed by atoms with E-state index in [1.54, 1.807) is 6.07 Å². The number of carbonyl (C=O) groups is 2. The Labute approximate surface area is 148 Å². The van der Waals surface area contributed by atoms with Gasteiger partial charge in [-0.25, -0.2) is 0 Å². The maximum absolute atomic E-state index is 12.5. The highest BCUT2D eigenvalue weighted by Crippen LogP contribution is 2.19. The van der Waals surface area contributed by atoms with Gasteiger partial charge in [-0.15, -0.1) is 0 Å². The third kappa shape index (κ3) is 4.82. The summed E-state index contributed by atoms with van der Waals surface area (Å²) < 4.78 is 5.59. The van der Waals surface area contributed by atoms with Gasteiger partial charge in [-0.1, -0.05) is 45.9 Å². The average molecular weight is 345 g/mol. The fraction of sp³-hybridized carbons (Fsp3) is 0.474. The van der Waals surface area contributed by atoms with Crippen LogP contribution in [0.1, 0.15) is 38.2 Å². The fourth-order valence-corrected chi connectivity index (χ4v) is 2.42. The molecule has 2 aromatic rings. The Morgan fingerprint density at radius 3 is 2.40 bits per heavy atom. The van der Waals surface area contributed by atoms with Crippen molar-refractivity contribution in [2.75, 3.05) is 6.54 Å². The summed E-state index contributed by atoms with van der Waals surface area (Å²) in [5.74, 6) is -0.0421. The molecule has 0 aliphatic heterocycles. The lowest BCUT2D eigenvalue weighted by atomic mass is 10.0. The van der Waals surface area contributed by atoms with E-state index in [0.29, 0.717) is 12.1 Å². The van der Waals surface area contributed by atoms with Gasteiger partial charge in [0.15, 0.2) is 5.76 Å². The number of fused-ring (bicyclic) bond motifs is 1. The second-order valence-corrected chi connectivity index (χ2v) is 6.99. The van der Waals surface area contributed by atoms with E-state index in [0.717, 1.165) is 5.39 Å². The lowest BCUT2D eigenvalue weighted by molar-refractivity contribution is -0.123. The predicted molar refractivity (Wildman–Crippen MR) is 98.1 cm³/mol. The molecule has 25 heavy (non-hydrogen) atoms. The standard InChI is InChI=1S/C19H27N3O3/c1-11(2)14(10-21-19(24)17(20)12(3)4)22-18(23)16-9-13-7-5-6-8-15(13)25-16/h5-9,11-12,14,17H,10,20H2,1-4H3,(H,21,24)(H,22,23). The quantitative estimate of drug-likeness (QED) is 0.717. The summed E-state index contributed by atoms with van der Waals surface area (Å²) in [5, 5.41) is 6.63. The lowest BCUT2D eigenvalue weighted by Crippen LogP contribution is -2.51. The monoisotopic (exact) mass is 345 g/mol. The molecule has 2 atom stereocenters. The maximum Gasteiger partial charge on any atom is 0.287 e. The van der Waals surface area contributed by atoms with E-state index in [1.807, 2.05) is 52.0 Å². The summed E-state index contributed by atoms with van der Waals surface area (Å²) >= 11 is 0. The Balaban J connectivity index is 2.00. The smallest absolute Gasteiger partial charge is 0.287 e. The molecule has 136 valence electrons. The number of hydrogen-bond donors (Lipinski definition) is 3. The molecule has 0 aliphatic carbocycles. The van der Waals surface area contributed by atoms with Crippen molar-refractivity contribution in [3.05, 3.63) is 36.1 Å². The van der Waals surface area contributed by atoms with Crippen molar-refractivity contribution < 1.29 is 14.0 Å². The van der Waals surface area contributed by atoms with Crippen LogP contribution in [0.2, 0.25) is 0 Å². The van der Waals surface area contributed by atoms with Gasteiger partial charge in [0.2, 0.25) is 5.91 Å². The van der Waals surface area contributed by atoms with E-state index in [1.165, 1.54) is 0 Å². The molecular formula is C19H27N3O3. The van der Waals surface area contributed by atoms with Crippen LogP contribution in [0.5, 0.6) is 0 Å². The highest BCUT2D eigenvalue weighted by atomic mass is 16.3. The molecule has 1 aromatic carbocycles. The van der Waals surface area contributed by atoms with Gasteiger partial charge in [0.25, 0.3) is 5.91 Å². The van der Waals surface area contributed by atoms with Crippen LogP contribution >= 0.6 is 0 Å². The van der Waals surface area contributed by atoms with Crippen LogP contribution in [0.15, 0.2) is 34.7 Å². The van der Waals surface area contributed by atoms with Crippen molar-refractivity contribution in [1.82, 2.24) is 10.6 Å². The van der Waals surface area contributed by atoms with Gasteiger partial charge in [0.05, 0.1) is 6.04 Å². The van der Waals surface area contributed by atoms with E-state index in [-0.39, 0.29) is 35.5 Å². The zero-order valence-electron chi connectivity index (χ0n) is 15.2. The summed E-state index contributed by atoms with van der Waals surface area (Å²) in [7, 11) is 0. The number of rotatable bonds is 7. The Morgan fingerprint density at radius 2 is 1.80 bits per heavy atom. The van der Waals surface area contributed by atoms with Crippen LogP contribution in [-0.2, 0) is 4.79 Å². The maximum atomic E-state index is 12.5. The third-order valence-corrected chi connectivity index (χ3v) is 4.29. The van der Waals surface area contributed by atoms with Gasteiger partial charge in [-0.3, -0.25) is 9.59 Å². The normalized spacial score (nSPS) is 13.9. The summed E-state index contributed by atoms with van der Waals surface area (Å²) in [6.45, 7) is 8.08. The van der Waals surface area contributed by atoms with E-state index < -0.39 is 6.04 Å². The Bertz CT molecular complexity index is 703. The molecule has 2 rings (SSSR count). The number of para-hydroxylation sites is 1. The number of nitrogens with one attached hydrogen (secondary N) is 2. The number of furan rings is 1. The summed E-state index contributed by atoms with van der Waals surface area (Å²) in [6.07, 6.45) is 0. The Morgan fingerprint density at radius 1 is 1.12 bits per heavy atom. The van der Waals surface area contributed by atoms with Crippen molar-refractivity contribution in [3.8, 4) is 0 Å². The second kappa shape index (κ2) is 8.16. The number of hydrogen-bond acceptors (Lipinski definition) is 4. The number of amides is 2. The predicted octanol–water partition coefficient (Wildman–Crippen LogP) is 2.29. The first kappa shape index (κ1) is 19.0. The topological polar surface area (TPSA) is 97.4 Å². The minimum atomic E-state index is -0.557. The van der Waals surface area contributed by atoms with E-state index in [4.69, 9.17) is 10.2 Å². The van der Waals surface area contributed by atoms with Crippen LogP contribution in [0.25, 0.3) is 11.0 Å². The van der Waals surface area contributed by atoms with E-state index in [9.17, 15) is 9.59 Å². The molecule has 0 radical (unpaired) electrons. The zero-order chi connectivity index (χ0) is 18.6. The SMILES string of the molecule is CC(C)C(CNC(=O)C(N)C(C)C)NC(=O)c1cc2ccccc2o1. The van der Waals surface area contributed by atoms with Crippen molar-refractivity contribution in [2.45, 2.75) is 39.8 Å². The lowest BCUT2D eigenvalue weighted by Gasteiger charge is -2.24. The molecule has 0 bridgehead atoms. The van der Waals surface area contributed by atoms with E-state index in [2.05, 4.69) is 10.6 Å². The zero-order valence-corrected chi connectivity index (χ0v) is 15.2. The van der Waals surface area contributed by atoms with Crippen LogP contribution in [0.3, 0.4) is 0 Å².